The molecule has 5 heteroatoms. The number of rotatable bonds is 3. The van der Waals surface area contributed by atoms with E-state index in [4.69, 9.17) is 4.74 Å². The number of hydrogen-bond acceptors (Lipinski definition) is 4. The predicted molar refractivity (Wildman–Crippen MR) is 66.6 cm³/mol. The van der Waals surface area contributed by atoms with Crippen LogP contribution in [0, 0.1) is 6.92 Å². The monoisotopic (exact) mass is 285 g/mol. The quantitative estimate of drug-likeness (QED) is 0.928. The minimum atomic E-state index is -0.253. The second kappa shape index (κ2) is 4.30. The van der Waals surface area contributed by atoms with Crippen molar-refractivity contribution in [3.05, 3.63) is 16.0 Å². The van der Waals surface area contributed by atoms with Gasteiger partial charge in [0.05, 0.1) is 10.2 Å². The fourth-order valence-corrected chi connectivity index (χ4v) is 2.32. The summed E-state index contributed by atoms with van der Waals surface area (Å²) in [6, 6.07) is 0. The molecule has 0 saturated heterocycles. The predicted octanol–water partition coefficient (Wildman–Crippen LogP) is 2.61. The lowest BCUT2D eigenvalue weighted by atomic mass is 9.79. The zero-order chi connectivity index (χ0) is 11.8. The van der Waals surface area contributed by atoms with Gasteiger partial charge in [-0.2, -0.15) is 0 Å². The largest absolute Gasteiger partial charge is 0.372 e. The molecule has 88 valence electrons. The summed E-state index contributed by atoms with van der Waals surface area (Å²) in [5, 5.41) is 3.07. The van der Waals surface area contributed by atoms with E-state index in [2.05, 4.69) is 31.2 Å². The lowest BCUT2D eigenvalue weighted by molar-refractivity contribution is -0.0846. The molecule has 1 N–H and O–H groups in total. The van der Waals surface area contributed by atoms with Crippen LogP contribution >= 0.6 is 15.9 Å². The van der Waals surface area contributed by atoms with E-state index in [1.165, 1.54) is 6.42 Å². The third-order valence-electron chi connectivity index (χ3n) is 3.21. The van der Waals surface area contributed by atoms with Crippen LogP contribution in [-0.2, 0) is 10.3 Å². The topological polar surface area (TPSA) is 47.0 Å². The Balaban J connectivity index is 2.45. The molecular formula is C11H16BrN3O. The van der Waals surface area contributed by atoms with Crippen molar-refractivity contribution in [2.45, 2.75) is 31.8 Å². The second-order valence-corrected chi connectivity index (χ2v) is 4.89. The summed E-state index contributed by atoms with van der Waals surface area (Å²) >= 11 is 3.47. The minimum absolute atomic E-state index is 0.253. The Morgan fingerprint density at radius 2 is 2.06 bits per heavy atom. The van der Waals surface area contributed by atoms with E-state index in [1.54, 1.807) is 7.11 Å². The van der Waals surface area contributed by atoms with Gasteiger partial charge < -0.3 is 10.1 Å². The van der Waals surface area contributed by atoms with Crippen molar-refractivity contribution in [3.8, 4) is 0 Å². The van der Waals surface area contributed by atoms with Crippen LogP contribution in [0.4, 0.5) is 5.82 Å². The summed E-state index contributed by atoms with van der Waals surface area (Å²) in [7, 11) is 3.59. The van der Waals surface area contributed by atoms with Gasteiger partial charge in [0.2, 0.25) is 0 Å². The number of aryl methyl sites for hydroxylation is 1. The fraction of sp³-hybridized carbons (Fsp3) is 0.636. The van der Waals surface area contributed by atoms with Gasteiger partial charge in [0.25, 0.3) is 0 Å². The number of aromatic nitrogens is 2. The van der Waals surface area contributed by atoms with Gasteiger partial charge in [0, 0.05) is 14.2 Å². The van der Waals surface area contributed by atoms with E-state index in [-0.39, 0.29) is 5.60 Å². The highest BCUT2D eigenvalue weighted by molar-refractivity contribution is 9.10. The molecule has 16 heavy (non-hydrogen) atoms. The first-order valence-electron chi connectivity index (χ1n) is 5.40. The van der Waals surface area contributed by atoms with E-state index in [0.717, 1.165) is 34.7 Å². The Morgan fingerprint density at radius 1 is 1.38 bits per heavy atom. The second-order valence-electron chi connectivity index (χ2n) is 4.10. The van der Waals surface area contributed by atoms with Gasteiger partial charge in [-0.15, -0.1) is 0 Å². The highest BCUT2D eigenvalue weighted by Crippen LogP contribution is 2.43. The summed E-state index contributed by atoms with van der Waals surface area (Å²) in [4.78, 5) is 9.05. The van der Waals surface area contributed by atoms with Crippen LogP contribution in [0.25, 0.3) is 0 Å². The summed E-state index contributed by atoms with van der Waals surface area (Å²) in [6.07, 6.45) is 3.20. The van der Waals surface area contributed by atoms with Crippen LogP contribution in [0.15, 0.2) is 4.47 Å². The van der Waals surface area contributed by atoms with Crippen LogP contribution in [0.2, 0.25) is 0 Å². The average molecular weight is 286 g/mol. The lowest BCUT2D eigenvalue weighted by Crippen LogP contribution is -2.38. The van der Waals surface area contributed by atoms with Crippen molar-refractivity contribution < 1.29 is 4.74 Å². The molecule has 0 spiro atoms. The molecule has 2 rings (SSSR count). The molecule has 0 unspecified atom stereocenters. The Kier molecular flexibility index (Phi) is 3.17. The number of nitrogens with zero attached hydrogens (tertiary/aromatic N) is 2. The molecule has 0 bridgehead atoms. The maximum Gasteiger partial charge on any atom is 0.162 e. The van der Waals surface area contributed by atoms with Gasteiger partial charge in [-0.3, -0.25) is 0 Å². The van der Waals surface area contributed by atoms with Crippen molar-refractivity contribution in [2.75, 3.05) is 19.5 Å². The van der Waals surface area contributed by atoms with Crippen LogP contribution < -0.4 is 5.32 Å². The standard InChI is InChI=1S/C11H16BrN3O/c1-7-8(12)9(13-2)15-10(14-7)11(16-3)5-4-6-11/h4-6H2,1-3H3,(H,13,14,15). The van der Waals surface area contributed by atoms with Crippen molar-refractivity contribution in [2.24, 2.45) is 0 Å². The van der Waals surface area contributed by atoms with Gasteiger partial charge in [0.1, 0.15) is 11.4 Å². The molecule has 1 aromatic rings. The molecule has 0 radical (unpaired) electrons. The molecule has 1 heterocycles. The normalized spacial score (nSPS) is 18.0. The van der Waals surface area contributed by atoms with Gasteiger partial charge in [0.15, 0.2) is 5.82 Å². The molecular weight excluding hydrogens is 270 g/mol. The van der Waals surface area contributed by atoms with Crippen LogP contribution in [0.3, 0.4) is 0 Å². The Bertz CT molecular complexity index is 399. The number of methoxy groups -OCH3 is 1. The SMILES string of the molecule is CNc1nc(C2(OC)CCC2)nc(C)c1Br. The van der Waals surface area contributed by atoms with Crippen molar-refractivity contribution in [3.63, 3.8) is 0 Å². The lowest BCUT2D eigenvalue weighted by Gasteiger charge is -2.39. The summed E-state index contributed by atoms with van der Waals surface area (Å²) in [5.74, 6) is 1.62. The van der Waals surface area contributed by atoms with Crippen molar-refractivity contribution in [1.29, 1.82) is 0 Å². The third kappa shape index (κ3) is 1.72. The number of hydrogen-bond donors (Lipinski definition) is 1. The Labute approximate surface area is 104 Å². The molecule has 1 aliphatic rings. The van der Waals surface area contributed by atoms with Gasteiger partial charge >= 0.3 is 0 Å². The van der Waals surface area contributed by atoms with E-state index < -0.39 is 0 Å². The maximum absolute atomic E-state index is 5.59. The third-order valence-corrected chi connectivity index (χ3v) is 4.16. The number of ether oxygens (including phenoxy) is 1. The van der Waals surface area contributed by atoms with E-state index in [9.17, 15) is 0 Å². The summed E-state index contributed by atoms with van der Waals surface area (Å²) in [5.41, 5.74) is 0.689. The van der Waals surface area contributed by atoms with Crippen molar-refractivity contribution >= 4 is 21.7 Å². The molecule has 0 amide bonds. The van der Waals surface area contributed by atoms with Crippen LogP contribution in [0.1, 0.15) is 30.8 Å². The molecule has 1 aromatic heterocycles. The summed E-state index contributed by atoms with van der Waals surface area (Å²) < 4.78 is 6.51. The average Bonchev–Trinajstić information content (AvgIpc) is 2.22. The molecule has 1 aliphatic carbocycles. The van der Waals surface area contributed by atoms with E-state index in [1.807, 2.05) is 14.0 Å². The number of anilines is 1. The zero-order valence-corrected chi connectivity index (χ0v) is 11.4. The van der Waals surface area contributed by atoms with Gasteiger partial charge in [-0.1, -0.05) is 0 Å². The van der Waals surface area contributed by atoms with E-state index in [0.29, 0.717) is 0 Å². The van der Waals surface area contributed by atoms with Crippen LogP contribution in [0.5, 0.6) is 0 Å². The highest BCUT2D eigenvalue weighted by Gasteiger charge is 2.42. The molecule has 4 nitrogen and oxygen atoms in total. The van der Waals surface area contributed by atoms with Crippen LogP contribution in [-0.4, -0.2) is 24.1 Å². The van der Waals surface area contributed by atoms with Crippen molar-refractivity contribution in [1.82, 2.24) is 9.97 Å². The van der Waals surface area contributed by atoms with Gasteiger partial charge in [-0.05, 0) is 42.1 Å². The fourth-order valence-electron chi connectivity index (χ4n) is 1.95. The Hall–Kier alpha value is -0.680. The first-order chi connectivity index (χ1) is 7.63. The zero-order valence-electron chi connectivity index (χ0n) is 9.80. The molecule has 1 saturated carbocycles. The molecule has 0 aliphatic heterocycles. The molecule has 0 atom stereocenters. The number of nitrogens with one attached hydrogen (secondary N) is 1. The minimum Gasteiger partial charge on any atom is -0.372 e. The highest BCUT2D eigenvalue weighted by atomic mass is 79.9. The smallest absolute Gasteiger partial charge is 0.162 e. The molecule has 1 fully saturated rings. The maximum atomic E-state index is 5.59. The molecule has 0 aromatic carbocycles. The first kappa shape index (κ1) is 11.8. The number of halogens is 1. The Morgan fingerprint density at radius 3 is 2.50 bits per heavy atom. The van der Waals surface area contributed by atoms with E-state index >= 15 is 0 Å². The van der Waals surface area contributed by atoms with Gasteiger partial charge in [-0.25, -0.2) is 9.97 Å². The summed E-state index contributed by atoms with van der Waals surface area (Å²) in [6.45, 7) is 1.97. The first-order valence-corrected chi connectivity index (χ1v) is 6.20.